The molecule has 5 aromatic rings. The highest BCUT2D eigenvalue weighted by atomic mass is 19.1. The molecule has 1 N–H and O–H groups in total. The third-order valence-corrected chi connectivity index (χ3v) is 7.87. The molecule has 1 aliphatic heterocycles. The van der Waals surface area contributed by atoms with Gasteiger partial charge >= 0.3 is 6.09 Å². The number of carbonyl (C=O) groups excluding carboxylic acids is 1. The Morgan fingerprint density at radius 1 is 1.05 bits per heavy atom. The third-order valence-electron chi connectivity index (χ3n) is 7.87. The van der Waals surface area contributed by atoms with E-state index < -0.39 is 11.4 Å². The van der Waals surface area contributed by atoms with Gasteiger partial charge in [-0.1, -0.05) is 0 Å². The minimum Gasteiger partial charge on any atom is -0.457 e. The summed E-state index contributed by atoms with van der Waals surface area (Å²) in [5.41, 5.74) is 4.15. The number of carbonyl (C=O) groups is 1. The van der Waals surface area contributed by atoms with E-state index in [-0.39, 0.29) is 23.7 Å². The van der Waals surface area contributed by atoms with E-state index in [1.54, 1.807) is 17.3 Å². The van der Waals surface area contributed by atoms with Gasteiger partial charge in [-0.05, 0) is 83.4 Å². The van der Waals surface area contributed by atoms with Crippen molar-refractivity contribution in [2.75, 3.05) is 11.9 Å². The Balaban J connectivity index is 1.24. The van der Waals surface area contributed by atoms with Crippen LogP contribution in [0.25, 0.3) is 22.1 Å². The van der Waals surface area contributed by atoms with Gasteiger partial charge in [-0.25, -0.2) is 29.1 Å². The Hall–Kier alpha value is -4.80. The molecule has 0 bridgehead atoms. The first-order valence-corrected chi connectivity index (χ1v) is 14.7. The molecular weight excluding hydrogens is 561 g/mol. The van der Waals surface area contributed by atoms with Gasteiger partial charge in [-0.15, -0.1) is 0 Å². The summed E-state index contributed by atoms with van der Waals surface area (Å²) in [6, 6.07) is 12.5. The van der Waals surface area contributed by atoms with Crippen LogP contribution >= 0.6 is 0 Å². The van der Waals surface area contributed by atoms with Gasteiger partial charge < -0.3 is 24.3 Å². The number of pyridine rings is 1. The Bertz CT molecular complexity index is 1870. The van der Waals surface area contributed by atoms with Gasteiger partial charge in [0.25, 0.3) is 0 Å². The number of anilines is 2. The molecule has 1 aliphatic rings. The van der Waals surface area contributed by atoms with Gasteiger partial charge in [-0.3, -0.25) is 0 Å². The molecule has 10 nitrogen and oxygen atoms in total. The molecule has 11 heteroatoms. The number of hydrogen-bond acceptors (Lipinski definition) is 8. The predicted molar refractivity (Wildman–Crippen MR) is 167 cm³/mol. The molecule has 4 heterocycles. The van der Waals surface area contributed by atoms with E-state index in [4.69, 9.17) is 14.5 Å². The number of ether oxygens (including phenoxy) is 2. The number of fused-ring (bicyclic) bond motifs is 2. The van der Waals surface area contributed by atoms with Gasteiger partial charge in [0.1, 0.15) is 34.8 Å². The molecule has 0 aliphatic carbocycles. The number of aryl methyl sites for hydroxylation is 2. The van der Waals surface area contributed by atoms with Crippen LogP contribution in [0.2, 0.25) is 0 Å². The molecule has 44 heavy (non-hydrogen) atoms. The van der Waals surface area contributed by atoms with E-state index in [0.29, 0.717) is 34.9 Å². The average Bonchev–Trinajstić information content (AvgIpc) is 3.34. The summed E-state index contributed by atoms with van der Waals surface area (Å²) in [6.45, 7) is 9.98. The van der Waals surface area contributed by atoms with Crippen molar-refractivity contribution in [3.8, 4) is 11.5 Å². The van der Waals surface area contributed by atoms with Crippen LogP contribution in [0.1, 0.15) is 57.7 Å². The predicted octanol–water partition coefficient (Wildman–Crippen LogP) is 7.40. The fourth-order valence-corrected chi connectivity index (χ4v) is 5.50. The van der Waals surface area contributed by atoms with Gasteiger partial charge in [0.15, 0.2) is 5.82 Å². The zero-order valence-electron chi connectivity index (χ0n) is 25.8. The fourth-order valence-electron chi connectivity index (χ4n) is 5.50. The lowest BCUT2D eigenvalue weighted by Crippen LogP contribution is -2.47. The molecule has 1 saturated heterocycles. The number of hydrogen-bond donors (Lipinski definition) is 1. The first-order valence-electron chi connectivity index (χ1n) is 14.7. The quantitative estimate of drug-likeness (QED) is 0.223. The molecule has 2 atom stereocenters. The maximum atomic E-state index is 15.4. The number of piperidine rings is 1. The van der Waals surface area contributed by atoms with E-state index >= 15 is 4.39 Å². The molecule has 0 unspecified atom stereocenters. The minimum atomic E-state index is -0.575. The lowest BCUT2D eigenvalue weighted by molar-refractivity contribution is 0.00955. The normalized spacial score (nSPS) is 17.2. The molecule has 6 rings (SSSR count). The SMILES string of the molecule is Cc1cc(Nc2ncnc3ccc([C@H]4CC[C@@H](C)N(C(=O)OC(C)(C)C)C4)nc23)c(F)cc1Oc1ccc2c(c1)ncn2C. The van der Waals surface area contributed by atoms with E-state index in [1.807, 2.05) is 76.6 Å². The van der Waals surface area contributed by atoms with Crippen molar-refractivity contribution < 1.29 is 18.7 Å². The molecule has 0 saturated carbocycles. The number of nitrogens with one attached hydrogen (secondary N) is 1. The summed E-state index contributed by atoms with van der Waals surface area (Å²) in [4.78, 5) is 32.8. The van der Waals surface area contributed by atoms with Crippen molar-refractivity contribution in [2.45, 2.75) is 65.0 Å². The molecule has 1 fully saturated rings. The zero-order valence-corrected chi connectivity index (χ0v) is 25.8. The van der Waals surface area contributed by atoms with Crippen LogP contribution in [0.5, 0.6) is 11.5 Å². The first-order chi connectivity index (χ1) is 20.9. The number of aromatic nitrogens is 5. The van der Waals surface area contributed by atoms with Crippen LogP contribution in [0.15, 0.2) is 55.1 Å². The van der Waals surface area contributed by atoms with Crippen LogP contribution in [-0.4, -0.2) is 53.7 Å². The molecule has 3 aromatic heterocycles. The summed E-state index contributed by atoms with van der Waals surface area (Å²) < 4.78 is 29.1. The van der Waals surface area contributed by atoms with Crippen LogP contribution < -0.4 is 10.1 Å². The maximum absolute atomic E-state index is 15.4. The summed E-state index contributed by atoms with van der Waals surface area (Å²) in [5, 5.41) is 3.12. The highest BCUT2D eigenvalue weighted by molar-refractivity contribution is 5.87. The number of halogens is 1. The number of amides is 1. The Morgan fingerprint density at radius 3 is 2.66 bits per heavy atom. The van der Waals surface area contributed by atoms with Crippen molar-refractivity contribution in [2.24, 2.45) is 7.05 Å². The maximum Gasteiger partial charge on any atom is 0.410 e. The minimum absolute atomic E-state index is 0.0110. The monoisotopic (exact) mass is 597 g/mol. The highest BCUT2D eigenvalue weighted by Crippen LogP contribution is 2.35. The molecule has 228 valence electrons. The second kappa shape index (κ2) is 11.4. The number of nitrogens with zero attached hydrogens (tertiary/aromatic N) is 6. The lowest BCUT2D eigenvalue weighted by atomic mass is 9.90. The van der Waals surface area contributed by atoms with Crippen molar-refractivity contribution in [1.82, 2.24) is 29.4 Å². The number of likely N-dealkylation sites (tertiary alicyclic amines) is 1. The average molecular weight is 598 g/mol. The molecule has 1 amide bonds. The molecular formula is C33H36FN7O3. The van der Waals surface area contributed by atoms with Gasteiger partial charge in [0, 0.05) is 43.4 Å². The second-order valence-electron chi connectivity index (χ2n) is 12.4. The van der Waals surface area contributed by atoms with E-state index in [9.17, 15) is 4.79 Å². The lowest BCUT2D eigenvalue weighted by Gasteiger charge is -2.38. The summed E-state index contributed by atoms with van der Waals surface area (Å²) in [7, 11) is 1.93. The molecule has 0 spiro atoms. The van der Waals surface area contributed by atoms with Crippen molar-refractivity contribution >= 4 is 39.7 Å². The van der Waals surface area contributed by atoms with Gasteiger partial charge in [-0.2, -0.15) is 0 Å². The topological polar surface area (TPSA) is 107 Å². The van der Waals surface area contributed by atoms with Crippen molar-refractivity contribution in [3.63, 3.8) is 0 Å². The third kappa shape index (κ3) is 5.99. The first kappa shape index (κ1) is 29.3. The standard InChI is InChI=1S/C33H36FN7O3/c1-19-13-26(23(34)15-29(19)43-22-9-12-28-27(14-22)37-18-40(28)6)39-31-30-25(35-17-36-31)11-10-24(38-30)21-8-7-20(2)41(16-21)32(42)44-33(3,4)5/h9-15,17-18,20-21H,7-8,16H2,1-6H3,(H,35,36,39)/t20-,21+/m1/s1. The van der Waals surface area contributed by atoms with Crippen LogP contribution in [0, 0.1) is 12.7 Å². The largest absolute Gasteiger partial charge is 0.457 e. The number of imidazole rings is 1. The second-order valence-corrected chi connectivity index (χ2v) is 12.4. The Kier molecular flexibility index (Phi) is 7.56. The number of rotatable bonds is 5. The van der Waals surface area contributed by atoms with E-state index in [2.05, 4.69) is 20.3 Å². The molecule has 2 aromatic carbocycles. The Labute approximate surface area is 255 Å². The van der Waals surface area contributed by atoms with Gasteiger partial charge in [0.2, 0.25) is 0 Å². The van der Waals surface area contributed by atoms with Crippen molar-refractivity contribution in [3.05, 3.63) is 72.2 Å². The highest BCUT2D eigenvalue weighted by Gasteiger charge is 2.33. The van der Waals surface area contributed by atoms with Crippen LogP contribution in [0.3, 0.4) is 0 Å². The summed E-state index contributed by atoms with van der Waals surface area (Å²) >= 11 is 0. The van der Waals surface area contributed by atoms with Crippen LogP contribution in [-0.2, 0) is 11.8 Å². The number of benzene rings is 2. The summed E-state index contributed by atoms with van der Waals surface area (Å²) in [5.74, 6) is 0.869. The van der Waals surface area contributed by atoms with Crippen molar-refractivity contribution in [1.29, 1.82) is 0 Å². The van der Waals surface area contributed by atoms with E-state index in [1.165, 1.54) is 12.4 Å². The molecule has 0 radical (unpaired) electrons. The van der Waals surface area contributed by atoms with E-state index in [0.717, 1.165) is 35.1 Å². The zero-order chi connectivity index (χ0) is 31.2. The van der Waals surface area contributed by atoms with Gasteiger partial charge in [0.05, 0.1) is 28.6 Å². The Morgan fingerprint density at radius 2 is 1.86 bits per heavy atom. The summed E-state index contributed by atoms with van der Waals surface area (Å²) in [6.07, 6.45) is 4.54. The smallest absolute Gasteiger partial charge is 0.410 e. The van der Waals surface area contributed by atoms with Crippen LogP contribution in [0.4, 0.5) is 20.7 Å². The fraction of sp³-hybridized carbons (Fsp3) is 0.364.